The van der Waals surface area contributed by atoms with Gasteiger partial charge in [0.25, 0.3) is 5.91 Å². The van der Waals surface area contributed by atoms with Gasteiger partial charge in [0, 0.05) is 18.5 Å². The molecular formula is C29H36N4O6. The van der Waals surface area contributed by atoms with Crippen molar-refractivity contribution in [3.05, 3.63) is 60.4 Å². The zero-order chi connectivity index (χ0) is 28.5. The molecule has 0 spiro atoms. The number of anilines is 1. The molecule has 1 aromatic carbocycles. The number of carbonyl (C=O) groups is 5. The molecular weight excluding hydrogens is 500 g/mol. The van der Waals surface area contributed by atoms with Crippen molar-refractivity contribution < 1.29 is 28.7 Å². The van der Waals surface area contributed by atoms with Crippen LogP contribution in [-0.4, -0.2) is 53.8 Å². The maximum absolute atomic E-state index is 13.5. The Bertz CT molecular complexity index is 1170. The highest BCUT2D eigenvalue weighted by atomic mass is 16.5. The minimum absolute atomic E-state index is 0.0794. The predicted octanol–water partition coefficient (Wildman–Crippen LogP) is 2.88. The molecule has 2 aromatic rings. The first-order valence-corrected chi connectivity index (χ1v) is 13.2. The maximum atomic E-state index is 13.5. The van der Waals surface area contributed by atoms with Crippen molar-refractivity contribution in [3.63, 3.8) is 0 Å². The van der Waals surface area contributed by atoms with Gasteiger partial charge in [0.1, 0.15) is 17.8 Å². The lowest BCUT2D eigenvalue weighted by atomic mass is 9.89. The number of hydrogen-bond acceptors (Lipinski definition) is 7. The fourth-order valence-electron chi connectivity index (χ4n) is 4.62. The minimum atomic E-state index is -1.02. The van der Waals surface area contributed by atoms with Crippen molar-refractivity contribution in [2.24, 2.45) is 17.8 Å². The number of amides is 4. The first-order chi connectivity index (χ1) is 18.7. The minimum Gasteiger partial charge on any atom is -0.467 e. The molecule has 5 atom stereocenters. The van der Waals surface area contributed by atoms with E-state index in [-0.39, 0.29) is 29.8 Å². The van der Waals surface area contributed by atoms with Crippen molar-refractivity contribution in [1.82, 2.24) is 15.6 Å². The van der Waals surface area contributed by atoms with Crippen LogP contribution in [0.5, 0.6) is 0 Å². The Hall–Kier alpha value is -4.08. The standard InChI is InChI=1S/C29H36N4O6/c1-5-18(2)25(29(38)39-4)32-27(36)24(31-26(35)22-13-9-10-16-30-22)19(3)14-15-20-17-23(34)33(28(20)37)21-11-7-6-8-12-21/h6-13,16,18-20,24-25H,5,14-15,17H2,1-4H3,(H,31,35)(H,32,36)/t18-,19-,20?,24-,25-/m0/s1. The number of nitrogens with one attached hydrogen (secondary N) is 2. The molecule has 2 N–H and O–H groups in total. The Balaban J connectivity index is 1.75. The molecule has 1 aliphatic heterocycles. The van der Waals surface area contributed by atoms with E-state index in [1.165, 1.54) is 24.3 Å². The van der Waals surface area contributed by atoms with E-state index < -0.39 is 41.7 Å². The summed E-state index contributed by atoms with van der Waals surface area (Å²) < 4.78 is 4.89. The fourth-order valence-corrected chi connectivity index (χ4v) is 4.62. The van der Waals surface area contributed by atoms with E-state index >= 15 is 0 Å². The quantitative estimate of drug-likeness (QED) is 0.315. The number of ether oxygens (including phenoxy) is 1. The topological polar surface area (TPSA) is 135 Å². The summed E-state index contributed by atoms with van der Waals surface area (Å²) in [5, 5.41) is 5.50. The number of nitrogens with zero attached hydrogens (tertiary/aromatic N) is 2. The number of para-hydroxylation sites is 1. The van der Waals surface area contributed by atoms with E-state index in [4.69, 9.17) is 4.74 Å². The van der Waals surface area contributed by atoms with Crippen LogP contribution in [0.2, 0.25) is 0 Å². The van der Waals surface area contributed by atoms with Crippen LogP contribution in [-0.2, 0) is 23.9 Å². The van der Waals surface area contributed by atoms with Crippen molar-refractivity contribution in [1.29, 1.82) is 0 Å². The van der Waals surface area contributed by atoms with Crippen LogP contribution >= 0.6 is 0 Å². The van der Waals surface area contributed by atoms with Crippen LogP contribution in [0.1, 0.15) is 56.9 Å². The molecule has 208 valence electrons. The molecule has 1 saturated heterocycles. The molecule has 0 bridgehead atoms. The lowest BCUT2D eigenvalue weighted by Gasteiger charge is -2.28. The number of esters is 1. The number of carbonyl (C=O) groups excluding carboxylic acids is 5. The summed E-state index contributed by atoms with van der Waals surface area (Å²) >= 11 is 0. The summed E-state index contributed by atoms with van der Waals surface area (Å²) in [7, 11) is 1.26. The summed E-state index contributed by atoms with van der Waals surface area (Å²) in [6, 6.07) is 11.7. The second kappa shape index (κ2) is 13.6. The number of aromatic nitrogens is 1. The number of rotatable bonds is 12. The smallest absolute Gasteiger partial charge is 0.328 e. The molecule has 10 heteroatoms. The van der Waals surface area contributed by atoms with Gasteiger partial charge in [-0.2, -0.15) is 0 Å². The van der Waals surface area contributed by atoms with Crippen LogP contribution in [0.3, 0.4) is 0 Å². The largest absolute Gasteiger partial charge is 0.467 e. The molecule has 0 radical (unpaired) electrons. The summed E-state index contributed by atoms with van der Waals surface area (Å²) in [5.74, 6) is -3.35. The van der Waals surface area contributed by atoms with Gasteiger partial charge >= 0.3 is 5.97 Å². The summed E-state index contributed by atoms with van der Waals surface area (Å²) in [4.78, 5) is 69.7. The predicted molar refractivity (Wildman–Crippen MR) is 144 cm³/mol. The van der Waals surface area contributed by atoms with Crippen LogP contribution in [0.15, 0.2) is 54.7 Å². The summed E-state index contributed by atoms with van der Waals surface area (Å²) in [6.45, 7) is 5.51. The van der Waals surface area contributed by atoms with Gasteiger partial charge in [-0.05, 0) is 48.9 Å². The fraction of sp³-hybridized carbons (Fsp3) is 0.448. The number of imide groups is 1. The third kappa shape index (κ3) is 7.28. The van der Waals surface area contributed by atoms with Crippen LogP contribution in [0, 0.1) is 17.8 Å². The Morgan fingerprint density at radius 2 is 1.69 bits per heavy atom. The molecule has 10 nitrogen and oxygen atoms in total. The zero-order valence-electron chi connectivity index (χ0n) is 22.8. The van der Waals surface area contributed by atoms with Crippen molar-refractivity contribution in [2.75, 3.05) is 12.0 Å². The normalized spacial score (nSPS) is 18.2. The molecule has 0 aliphatic carbocycles. The second-order valence-electron chi connectivity index (χ2n) is 9.92. The second-order valence-corrected chi connectivity index (χ2v) is 9.92. The molecule has 2 heterocycles. The van der Waals surface area contributed by atoms with Gasteiger partial charge in [0.2, 0.25) is 17.7 Å². The number of pyridine rings is 1. The molecule has 3 rings (SSSR count). The van der Waals surface area contributed by atoms with Gasteiger partial charge in [0.15, 0.2) is 0 Å². The molecule has 1 unspecified atom stereocenters. The van der Waals surface area contributed by atoms with E-state index in [0.717, 1.165) is 0 Å². The number of hydrogen-bond donors (Lipinski definition) is 2. The van der Waals surface area contributed by atoms with Crippen molar-refractivity contribution in [3.8, 4) is 0 Å². The zero-order valence-corrected chi connectivity index (χ0v) is 22.8. The third-order valence-corrected chi connectivity index (χ3v) is 7.23. The molecule has 1 fully saturated rings. The molecule has 1 aromatic heterocycles. The Morgan fingerprint density at radius 3 is 2.31 bits per heavy atom. The number of benzene rings is 1. The average Bonchev–Trinajstić information content (AvgIpc) is 3.25. The van der Waals surface area contributed by atoms with E-state index in [1.54, 1.807) is 43.3 Å². The van der Waals surface area contributed by atoms with Gasteiger partial charge in [-0.3, -0.25) is 29.1 Å². The van der Waals surface area contributed by atoms with Crippen LogP contribution < -0.4 is 15.5 Å². The Labute approximate surface area is 228 Å². The van der Waals surface area contributed by atoms with Crippen LogP contribution in [0.25, 0.3) is 0 Å². The first kappa shape index (κ1) is 29.5. The van der Waals surface area contributed by atoms with E-state index in [9.17, 15) is 24.0 Å². The molecule has 39 heavy (non-hydrogen) atoms. The van der Waals surface area contributed by atoms with Gasteiger partial charge in [-0.15, -0.1) is 0 Å². The summed E-state index contributed by atoms with van der Waals surface area (Å²) in [5.41, 5.74) is 0.672. The molecule has 4 amide bonds. The van der Waals surface area contributed by atoms with E-state index in [2.05, 4.69) is 15.6 Å². The van der Waals surface area contributed by atoms with Crippen molar-refractivity contribution >= 4 is 35.3 Å². The SMILES string of the molecule is CC[C@H](C)[C@H](NC(=O)[C@@H](NC(=O)c1ccccn1)[C@@H](C)CCC1CC(=O)N(c2ccccc2)C1=O)C(=O)OC. The van der Waals surface area contributed by atoms with Crippen molar-refractivity contribution in [2.45, 2.75) is 58.5 Å². The highest BCUT2D eigenvalue weighted by Crippen LogP contribution is 2.30. The summed E-state index contributed by atoms with van der Waals surface area (Å²) in [6.07, 6.45) is 2.90. The lowest BCUT2D eigenvalue weighted by Crippen LogP contribution is -2.55. The first-order valence-electron chi connectivity index (χ1n) is 13.2. The lowest BCUT2D eigenvalue weighted by molar-refractivity contribution is -0.147. The average molecular weight is 537 g/mol. The van der Waals surface area contributed by atoms with E-state index in [0.29, 0.717) is 24.9 Å². The monoisotopic (exact) mass is 536 g/mol. The van der Waals surface area contributed by atoms with Gasteiger partial charge in [-0.1, -0.05) is 51.5 Å². The van der Waals surface area contributed by atoms with Gasteiger partial charge in [-0.25, -0.2) is 4.79 Å². The van der Waals surface area contributed by atoms with E-state index in [1.807, 2.05) is 19.9 Å². The van der Waals surface area contributed by atoms with Gasteiger partial charge in [0.05, 0.1) is 12.8 Å². The highest BCUT2D eigenvalue weighted by molar-refractivity contribution is 6.20. The molecule has 0 saturated carbocycles. The highest BCUT2D eigenvalue weighted by Gasteiger charge is 2.40. The number of methoxy groups -OCH3 is 1. The Kier molecular flexibility index (Phi) is 10.3. The maximum Gasteiger partial charge on any atom is 0.328 e. The van der Waals surface area contributed by atoms with Crippen LogP contribution in [0.4, 0.5) is 5.69 Å². The third-order valence-electron chi connectivity index (χ3n) is 7.23. The van der Waals surface area contributed by atoms with Gasteiger partial charge < -0.3 is 15.4 Å². The molecule has 1 aliphatic rings. The Morgan fingerprint density at radius 1 is 1.00 bits per heavy atom.